The number of primary amides is 1. The summed E-state index contributed by atoms with van der Waals surface area (Å²) in [7, 11) is 3.15. The first-order valence-electron chi connectivity index (χ1n) is 9.91. The van der Waals surface area contributed by atoms with Gasteiger partial charge in [-0.15, -0.1) is 0 Å². The maximum absolute atomic E-state index is 13.6. The smallest absolute Gasteiger partial charge is 0.233 e. The van der Waals surface area contributed by atoms with Crippen LogP contribution in [0.4, 0.5) is 5.69 Å². The molecule has 164 valence electrons. The van der Waals surface area contributed by atoms with Crippen LogP contribution in [0, 0.1) is 29.1 Å². The third-order valence-electron chi connectivity index (χ3n) is 6.95. The number of phenolic OH excluding ortho intramolecular Hbond substituents is 1. The van der Waals surface area contributed by atoms with Gasteiger partial charge in [0.1, 0.15) is 11.7 Å². The van der Waals surface area contributed by atoms with E-state index in [1.54, 1.807) is 20.2 Å². The van der Waals surface area contributed by atoms with Gasteiger partial charge < -0.3 is 27.1 Å². The molecule has 0 radical (unpaired) electrons. The molecule has 10 heteroatoms. The van der Waals surface area contributed by atoms with E-state index in [4.69, 9.17) is 16.9 Å². The summed E-state index contributed by atoms with van der Waals surface area (Å²) in [6.07, 6.45) is 0.333. The van der Waals surface area contributed by atoms with Crippen LogP contribution in [0.2, 0.25) is 0 Å². The van der Waals surface area contributed by atoms with Gasteiger partial charge in [-0.05, 0) is 44.5 Å². The van der Waals surface area contributed by atoms with E-state index in [9.17, 15) is 29.4 Å². The molecule has 3 aliphatic rings. The van der Waals surface area contributed by atoms with Crippen LogP contribution < -0.4 is 11.5 Å². The van der Waals surface area contributed by atoms with Gasteiger partial charge in [0.15, 0.2) is 23.0 Å². The first kappa shape index (κ1) is 21.1. The summed E-state index contributed by atoms with van der Waals surface area (Å²) < 4.78 is 0. The number of phenols is 1. The molecule has 2 fully saturated rings. The Balaban J connectivity index is 1.87. The lowest BCUT2D eigenvalue weighted by atomic mass is 9.52. The molecule has 10 nitrogen and oxygen atoms in total. The van der Waals surface area contributed by atoms with Crippen molar-refractivity contribution in [3.63, 3.8) is 0 Å². The van der Waals surface area contributed by atoms with Gasteiger partial charge in [0, 0.05) is 17.7 Å². The van der Waals surface area contributed by atoms with Gasteiger partial charge >= 0.3 is 0 Å². The van der Waals surface area contributed by atoms with Crippen LogP contribution in [-0.2, 0) is 20.8 Å². The van der Waals surface area contributed by atoms with Crippen molar-refractivity contribution in [2.75, 3.05) is 19.8 Å². The summed E-state index contributed by atoms with van der Waals surface area (Å²) in [5.41, 5.74) is 8.60. The average Bonchev–Trinajstić information content (AvgIpc) is 2.63. The fourth-order valence-corrected chi connectivity index (χ4v) is 5.71. The minimum absolute atomic E-state index is 0.0279. The van der Waals surface area contributed by atoms with Crippen molar-refractivity contribution in [1.82, 2.24) is 4.90 Å². The standard InChI is InChI=1S/C21H24N4O6/c1-25(2)15-10-5-8-3-7-4-9(22)6-11(26)12(7)16(27)13(8)19(29)21(10,31)18(23)14(17(15)28)20(24)30/h4,6,8,10,13-15,23,26,31H,3,5,22H2,1-2H3,(H2,24,30). The number of hydrogen-bond acceptors (Lipinski definition) is 9. The molecule has 0 spiro atoms. The summed E-state index contributed by atoms with van der Waals surface area (Å²) in [6.45, 7) is 0. The fraction of sp³-hybridized carbons (Fsp3) is 0.476. The molecule has 2 saturated carbocycles. The van der Waals surface area contributed by atoms with Crippen LogP contribution >= 0.6 is 0 Å². The molecule has 7 N–H and O–H groups in total. The first-order chi connectivity index (χ1) is 14.4. The molecule has 0 aliphatic heterocycles. The van der Waals surface area contributed by atoms with Gasteiger partial charge in [-0.25, -0.2) is 0 Å². The quantitative estimate of drug-likeness (QED) is 0.290. The molecule has 1 amide bonds. The lowest BCUT2D eigenvalue weighted by molar-refractivity contribution is -0.157. The lowest BCUT2D eigenvalue weighted by Crippen LogP contribution is -2.73. The van der Waals surface area contributed by atoms with Gasteiger partial charge in [-0.2, -0.15) is 0 Å². The molecule has 0 saturated heterocycles. The normalized spacial score (nSPS) is 34.9. The second-order valence-electron chi connectivity index (χ2n) is 8.91. The fourth-order valence-electron chi connectivity index (χ4n) is 5.71. The van der Waals surface area contributed by atoms with Gasteiger partial charge in [0.2, 0.25) is 5.91 Å². The third kappa shape index (κ3) is 2.68. The minimum atomic E-state index is -2.49. The van der Waals surface area contributed by atoms with Crippen molar-refractivity contribution >= 4 is 34.7 Å². The number of nitrogens with zero attached hydrogens (tertiary/aromatic N) is 1. The Morgan fingerprint density at radius 1 is 1.26 bits per heavy atom. The molecule has 31 heavy (non-hydrogen) atoms. The number of carbonyl (C=O) groups is 4. The number of Topliss-reactive ketones (excluding diaryl/α,β-unsaturated/α-hetero) is 3. The number of ketones is 3. The summed E-state index contributed by atoms with van der Waals surface area (Å²) in [5.74, 6) is -8.36. The number of rotatable bonds is 2. The highest BCUT2D eigenvalue weighted by atomic mass is 16.3. The Bertz CT molecular complexity index is 1070. The zero-order valence-corrected chi connectivity index (χ0v) is 17.1. The van der Waals surface area contributed by atoms with Crippen molar-refractivity contribution in [3.05, 3.63) is 23.3 Å². The average molecular weight is 428 g/mol. The number of nitrogens with two attached hydrogens (primary N) is 2. The number of nitrogen functional groups attached to an aromatic ring is 1. The number of aromatic hydroxyl groups is 1. The highest BCUT2D eigenvalue weighted by Crippen LogP contribution is 2.50. The second kappa shape index (κ2) is 6.69. The van der Waals surface area contributed by atoms with E-state index in [1.165, 1.54) is 11.0 Å². The van der Waals surface area contributed by atoms with Crippen LogP contribution in [0.5, 0.6) is 5.75 Å². The predicted molar refractivity (Wildman–Crippen MR) is 108 cm³/mol. The summed E-state index contributed by atoms with van der Waals surface area (Å²) >= 11 is 0. The number of anilines is 1. The number of nitrogens with one attached hydrogen (secondary N) is 1. The predicted octanol–water partition coefficient (Wildman–Crippen LogP) is -1.10. The number of likely N-dealkylation sites (N-methyl/N-ethyl adjacent to an activating group) is 1. The molecule has 1 aromatic carbocycles. The van der Waals surface area contributed by atoms with Crippen molar-refractivity contribution in [2.24, 2.45) is 29.4 Å². The van der Waals surface area contributed by atoms with Crippen LogP contribution in [0.1, 0.15) is 22.3 Å². The van der Waals surface area contributed by atoms with Gasteiger partial charge in [0.25, 0.3) is 0 Å². The Morgan fingerprint density at radius 2 is 1.90 bits per heavy atom. The molecule has 4 rings (SSSR count). The SMILES string of the molecule is CN(C)C1C(=O)C(C(N)=O)C(=N)C2(O)C(=O)C3C(=O)c4c(O)cc(N)cc4CC3CC12. The van der Waals surface area contributed by atoms with Gasteiger partial charge in [0.05, 0.1) is 23.2 Å². The minimum Gasteiger partial charge on any atom is -0.507 e. The Labute approximate surface area is 177 Å². The maximum Gasteiger partial charge on any atom is 0.233 e. The number of aliphatic hydroxyl groups is 1. The number of hydrogen-bond donors (Lipinski definition) is 5. The number of amides is 1. The van der Waals surface area contributed by atoms with E-state index in [2.05, 4.69) is 0 Å². The van der Waals surface area contributed by atoms with E-state index < -0.39 is 64.3 Å². The molecule has 0 heterocycles. The number of carbonyl (C=O) groups excluding carboxylic acids is 4. The molecule has 6 atom stereocenters. The first-order valence-corrected chi connectivity index (χ1v) is 9.91. The summed E-state index contributed by atoms with van der Waals surface area (Å²) in [5, 5.41) is 30.2. The zero-order chi connectivity index (χ0) is 23.0. The largest absolute Gasteiger partial charge is 0.507 e. The molecule has 6 unspecified atom stereocenters. The summed E-state index contributed by atoms with van der Waals surface area (Å²) in [4.78, 5) is 53.3. The van der Waals surface area contributed by atoms with E-state index in [0.29, 0.717) is 5.56 Å². The Kier molecular flexibility index (Phi) is 4.56. The molecule has 3 aliphatic carbocycles. The highest BCUT2D eigenvalue weighted by molar-refractivity contribution is 6.33. The van der Waals surface area contributed by atoms with Crippen molar-refractivity contribution in [2.45, 2.75) is 24.5 Å². The van der Waals surface area contributed by atoms with Crippen LogP contribution in [0.15, 0.2) is 12.1 Å². The molecule has 1 aromatic rings. The monoisotopic (exact) mass is 428 g/mol. The number of fused-ring (bicyclic) bond motifs is 3. The van der Waals surface area contributed by atoms with Crippen LogP contribution in [-0.4, -0.2) is 69.8 Å². The Hall–Kier alpha value is -3.11. The van der Waals surface area contributed by atoms with Crippen LogP contribution in [0.3, 0.4) is 0 Å². The van der Waals surface area contributed by atoms with E-state index in [0.717, 1.165) is 0 Å². The molecule has 0 bridgehead atoms. The lowest BCUT2D eigenvalue weighted by Gasteiger charge is -2.53. The van der Waals surface area contributed by atoms with Gasteiger partial charge in [-0.3, -0.25) is 24.1 Å². The van der Waals surface area contributed by atoms with Gasteiger partial charge in [-0.1, -0.05) is 0 Å². The molecule has 0 aromatic heterocycles. The van der Waals surface area contributed by atoms with Crippen molar-refractivity contribution < 1.29 is 29.4 Å². The van der Waals surface area contributed by atoms with E-state index in [-0.39, 0.29) is 29.8 Å². The topological polar surface area (TPSA) is 188 Å². The van der Waals surface area contributed by atoms with Crippen LogP contribution in [0.25, 0.3) is 0 Å². The second-order valence-corrected chi connectivity index (χ2v) is 8.91. The van der Waals surface area contributed by atoms with E-state index >= 15 is 0 Å². The summed E-state index contributed by atoms with van der Waals surface area (Å²) in [6, 6.07) is 1.75. The third-order valence-corrected chi connectivity index (χ3v) is 6.95. The molecular formula is C21H24N4O6. The van der Waals surface area contributed by atoms with Crippen molar-refractivity contribution in [1.29, 1.82) is 5.41 Å². The van der Waals surface area contributed by atoms with Crippen molar-refractivity contribution in [3.8, 4) is 5.75 Å². The van der Waals surface area contributed by atoms with E-state index in [1.807, 2.05) is 0 Å². The highest BCUT2D eigenvalue weighted by Gasteiger charge is 2.67. The number of benzene rings is 1. The maximum atomic E-state index is 13.6. The zero-order valence-electron chi connectivity index (χ0n) is 17.1. The molecular weight excluding hydrogens is 404 g/mol. The Morgan fingerprint density at radius 3 is 2.48 bits per heavy atom.